The van der Waals surface area contributed by atoms with Crippen LogP contribution >= 0.6 is 15.6 Å². The molecule has 0 saturated heterocycles. The van der Waals surface area contributed by atoms with E-state index >= 15 is 0 Å². The summed E-state index contributed by atoms with van der Waals surface area (Å²) >= 11 is 0. The first-order valence-electron chi connectivity index (χ1n) is 40.2. The Bertz CT molecular complexity index is 2270. The van der Waals surface area contributed by atoms with Gasteiger partial charge in [-0.3, -0.25) is 32.5 Å². The fourth-order valence-corrected chi connectivity index (χ4v) is 12.5. The van der Waals surface area contributed by atoms with Crippen LogP contribution in [-0.2, 0) is 55.8 Å². The highest BCUT2D eigenvalue weighted by Gasteiger charge is 2.29. The molecule has 0 bridgehead atoms. The Hall–Kier alpha value is -3.79. The second-order valence-corrected chi connectivity index (χ2v) is 29.8. The molecule has 0 fully saturated rings. The van der Waals surface area contributed by atoms with E-state index in [1.54, 1.807) is 0 Å². The van der Waals surface area contributed by atoms with Crippen molar-refractivity contribution in [2.45, 2.75) is 360 Å². The van der Waals surface area contributed by atoms with Crippen LogP contribution in [0.4, 0.5) is 0 Å². The van der Waals surface area contributed by atoms with Gasteiger partial charge in [0.1, 0.15) is 25.4 Å². The van der Waals surface area contributed by atoms with Crippen molar-refractivity contribution in [2.75, 3.05) is 39.6 Å². The van der Waals surface area contributed by atoms with Crippen LogP contribution in [0.15, 0.2) is 109 Å². The molecule has 18 heteroatoms. The van der Waals surface area contributed by atoms with Gasteiger partial charge in [-0.1, -0.05) is 323 Å². The lowest BCUT2D eigenvalue weighted by Gasteiger charge is -2.21. The number of unbranched alkanes of at least 4 members (excludes halogenated alkanes) is 35. The summed E-state index contributed by atoms with van der Waals surface area (Å²) in [5.74, 6) is -1.58. The molecule has 584 valence electrons. The zero-order chi connectivity index (χ0) is 73.7. The van der Waals surface area contributed by atoms with E-state index < -0.39 is 91.5 Å². The van der Waals surface area contributed by atoms with Gasteiger partial charge in [0.25, 0.3) is 0 Å². The maximum Gasteiger partial charge on any atom is 0.472 e. The fourth-order valence-electron chi connectivity index (χ4n) is 10.9. The average molecular weight is 1460 g/mol. The second-order valence-electron chi connectivity index (χ2n) is 26.8. The van der Waals surface area contributed by atoms with E-state index in [0.29, 0.717) is 19.3 Å². The maximum atomic E-state index is 13.0. The smallest absolute Gasteiger partial charge is 0.463 e. The molecule has 0 rings (SSSR count). The van der Waals surface area contributed by atoms with E-state index in [-0.39, 0.29) is 19.3 Å². The fraction of sp³-hybridized carbons (Fsp3) is 0.747. The van der Waals surface area contributed by atoms with Crippen molar-refractivity contribution >= 4 is 33.6 Å². The van der Waals surface area contributed by atoms with Gasteiger partial charge in [-0.25, -0.2) is 9.13 Å². The van der Waals surface area contributed by atoms with Gasteiger partial charge < -0.3 is 34.2 Å². The van der Waals surface area contributed by atoms with Crippen LogP contribution in [0.25, 0.3) is 0 Å². The van der Waals surface area contributed by atoms with Gasteiger partial charge >= 0.3 is 33.6 Å². The number of carbonyl (C=O) groups is 3. The molecule has 0 radical (unpaired) electrons. The largest absolute Gasteiger partial charge is 0.472 e. The van der Waals surface area contributed by atoms with E-state index in [9.17, 15) is 43.5 Å². The maximum absolute atomic E-state index is 13.0. The van der Waals surface area contributed by atoms with Crippen molar-refractivity contribution in [3.05, 3.63) is 109 Å². The Morgan fingerprint density at radius 2 is 0.525 bits per heavy atom. The topological polar surface area (TPSA) is 231 Å². The molecule has 4 N–H and O–H groups in total. The average Bonchev–Trinajstić information content (AvgIpc) is 0.939. The van der Waals surface area contributed by atoms with Crippen molar-refractivity contribution in [1.29, 1.82) is 0 Å². The lowest BCUT2D eigenvalue weighted by Crippen LogP contribution is -2.30. The van der Waals surface area contributed by atoms with Crippen LogP contribution in [0.1, 0.15) is 342 Å². The first kappa shape index (κ1) is 97.2. The predicted octanol–water partition coefficient (Wildman–Crippen LogP) is 23.5. The van der Waals surface area contributed by atoms with E-state index in [2.05, 4.69) is 130 Å². The van der Waals surface area contributed by atoms with Gasteiger partial charge in [-0.05, 0) is 109 Å². The first-order valence-corrected chi connectivity index (χ1v) is 43.2. The van der Waals surface area contributed by atoms with Crippen LogP contribution in [0.3, 0.4) is 0 Å². The molecule has 0 saturated carbocycles. The molecular formula is C83H146O16P2. The van der Waals surface area contributed by atoms with Crippen molar-refractivity contribution in [3.63, 3.8) is 0 Å². The number of allylic oxidation sites excluding steroid dienone is 18. The quantitative estimate of drug-likeness (QED) is 0.0146. The SMILES string of the molecule is CC/C=C\C/C=C\C/C=C\C/C=C\C/C=C\CCCCCCCCCC(=O)OCC(COP(=O)(O)OCC(O)COP(=O)(O)OCC(O)COC(=O)CCCCCCCCCCCCCCC/C=C\C/C=C\C/C=C\C/C=C\CCCCC)OC(=O)CCCCCCCCCCCCCCC. The highest BCUT2D eigenvalue weighted by atomic mass is 31.2. The zero-order valence-corrected chi connectivity index (χ0v) is 65.6. The third kappa shape index (κ3) is 77.1. The predicted molar refractivity (Wildman–Crippen MR) is 417 cm³/mol. The van der Waals surface area contributed by atoms with Gasteiger partial charge in [-0.2, -0.15) is 0 Å². The van der Waals surface area contributed by atoms with Crippen molar-refractivity contribution in [3.8, 4) is 0 Å². The molecule has 5 unspecified atom stereocenters. The van der Waals surface area contributed by atoms with Crippen molar-refractivity contribution in [2.24, 2.45) is 0 Å². The standard InChI is InChI=1S/C83H146O16P2/c1-4-7-10-13-16-19-22-25-27-29-31-33-35-36-37-38-39-40-42-44-45-47-49-52-54-57-60-63-66-69-81(86)93-72-78(84)73-95-100(89,90)96-74-79(85)75-97-101(91,92)98-77-80(99-83(88)71-68-65-62-59-56-51-24-21-18-15-12-9-6-3)76-94-82(87)70-67-64-61-58-55-53-50-48-46-43-41-34-32-30-28-26-23-20-17-14-11-8-5-2/h8,11,16-17,19-20,25-28,31-34,36-37,43,46,78-80,84-85H,4-7,9-10,12-15,18,21-24,29-30,35,38-42,44-45,47-77H2,1-3H3,(H,89,90)(H,91,92)/b11-8-,19-16-,20-17-,27-25-,28-26-,33-31-,34-32-,37-36-,46-43-. The molecule has 0 aromatic heterocycles. The van der Waals surface area contributed by atoms with Gasteiger partial charge in [-0.15, -0.1) is 0 Å². The summed E-state index contributed by atoms with van der Waals surface area (Å²) in [6.45, 7) is 2.56. The molecule has 0 spiro atoms. The third-order valence-electron chi connectivity index (χ3n) is 17.0. The van der Waals surface area contributed by atoms with Crippen LogP contribution in [0.2, 0.25) is 0 Å². The zero-order valence-electron chi connectivity index (χ0n) is 63.8. The van der Waals surface area contributed by atoms with Crippen molar-refractivity contribution < 1.29 is 75.8 Å². The Labute approximate surface area is 615 Å². The third-order valence-corrected chi connectivity index (χ3v) is 18.9. The number of esters is 3. The minimum Gasteiger partial charge on any atom is -0.463 e. The lowest BCUT2D eigenvalue weighted by molar-refractivity contribution is -0.161. The summed E-state index contributed by atoms with van der Waals surface area (Å²) in [6.07, 6.45) is 88.5. The number of aliphatic hydroxyl groups excluding tert-OH is 2. The summed E-state index contributed by atoms with van der Waals surface area (Å²) in [4.78, 5) is 58.6. The van der Waals surface area contributed by atoms with Crippen LogP contribution in [0, 0.1) is 0 Å². The summed E-state index contributed by atoms with van der Waals surface area (Å²) in [7, 11) is -9.78. The van der Waals surface area contributed by atoms with Gasteiger partial charge in [0.15, 0.2) is 6.10 Å². The minimum atomic E-state index is -4.93. The van der Waals surface area contributed by atoms with Gasteiger partial charge in [0, 0.05) is 19.3 Å². The molecule has 0 aliphatic rings. The summed E-state index contributed by atoms with van der Waals surface area (Å²) in [5, 5.41) is 20.6. The number of phosphoric acid groups is 2. The highest BCUT2D eigenvalue weighted by Crippen LogP contribution is 2.45. The van der Waals surface area contributed by atoms with E-state index in [4.69, 9.17) is 32.3 Å². The molecule has 0 aliphatic heterocycles. The summed E-state index contributed by atoms with van der Waals surface area (Å²) in [6, 6.07) is 0. The Balaban J connectivity index is 4.49. The van der Waals surface area contributed by atoms with E-state index in [1.807, 2.05) is 0 Å². The number of hydrogen-bond donors (Lipinski definition) is 4. The number of ether oxygens (including phenoxy) is 3. The van der Waals surface area contributed by atoms with Gasteiger partial charge in [0.2, 0.25) is 0 Å². The second kappa shape index (κ2) is 75.9. The number of phosphoric ester groups is 2. The Morgan fingerprint density at radius 1 is 0.287 bits per heavy atom. The molecule has 0 heterocycles. The van der Waals surface area contributed by atoms with Crippen LogP contribution < -0.4 is 0 Å². The number of aliphatic hydroxyl groups is 2. The summed E-state index contributed by atoms with van der Waals surface area (Å²) in [5.41, 5.74) is 0. The van der Waals surface area contributed by atoms with E-state index in [0.717, 1.165) is 148 Å². The minimum absolute atomic E-state index is 0.104. The Morgan fingerprint density at radius 3 is 0.851 bits per heavy atom. The molecule has 101 heavy (non-hydrogen) atoms. The molecule has 0 aromatic rings. The molecule has 0 amide bonds. The van der Waals surface area contributed by atoms with Crippen molar-refractivity contribution in [1.82, 2.24) is 0 Å². The highest BCUT2D eigenvalue weighted by molar-refractivity contribution is 7.47. The number of rotatable bonds is 76. The monoisotopic (exact) mass is 1460 g/mol. The van der Waals surface area contributed by atoms with Crippen LogP contribution in [0.5, 0.6) is 0 Å². The normalized spacial score (nSPS) is 14.6. The molecule has 16 nitrogen and oxygen atoms in total. The number of hydrogen-bond acceptors (Lipinski definition) is 14. The molecular weight excluding hydrogens is 1310 g/mol. The number of carbonyl (C=O) groups excluding carboxylic acids is 3. The van der Waals surface area contributed by atoms with E-state index in [1.165, 1.54) is 135 Å². The summed E-state index contributed by atoms with van der Waals surface area (Å²) < 4.78 is 61.1. The Kier molecular flexibility index (Phi) is 73.0. The molecule has 5 atom stereocenters. The molecule has 0 aromatic carbocycles. The van der Waals surface area contributed by atoms with Crippen LogP contribution in [-0.4, -0.2) is 95.9 Å². The molecule has 0 aliphatic carbocycles. The lowest BCUT2D eigenvalue weighted by atomic mass is 10.0. The van der Waals surface area contributed by atoms with Gasteiger partial charge in [0.05, 0.1) is 26.4 Å². The first-order chi connectivity index (χ1) is 49.2.